The molecule has 0 saturated carbocycles. The van der Waals surface area contributed by atoms with Gasteiger partial charge >= 0.3 is 0 Å². The molecule has 0 aliphatic heterocycles. The van der Waals surface area contributed by atoms with Gasteiger partial charge in [0.15, 0.2) is 0 Å². The highest BCUT2D eigenvalue weighted by atomic mass is 79.9. The smallest absolute Gasteiger partial charge is 0.0351 e. The zero-order valence-electron chi connectivity index (χ0n) is 8.68. The molecule has 0 bridgehead atoms. The average molecular weight is 257 g/mol. The van der Waals surface area contributed by atoms with Crippen LogP contribution in [0, 0.1) is 5.41 Å². The maximum atomic E-state index is 5.65. The number of hydrogen-bond acceptors (Lipinski definition) is 2. The van der Waals surface area contributed by atoms with Gasteiger partial charge in [0.05, 0.1) is 0 Å². The van der Waals surface area contributed by atoms with Crippen molar-refractivity contribution < 1.29 is 0 Å². The third-order valence-electron chi connectivity index (χ3n) is 2.15. The molecule has 0 aromatic heterocycles. The largest absolute Gasteiger partial charge is 0.384 e. The fraction of sp³-hybridized carbons (Fsp3) is 0.455. The van der Waals surface area contributed by atoms with E-state index >= 15 is 0 Å². The van der Waals surface area contributed by atoms with Crippen LogP contribution in [0.25, 0.3) is 0 Å². The van der Waals surface area contributed by atoms with Crippen LogP contribution in [0.2, 0.25) is 0 Å². The molecule has 0 radical (unpaired) electrons. The van der Waals surface area contributed by atoms with Crippen LogP contribution < -0.4 is 11.1 Å². The second kappa shape index (κ2) is 4.80. The van der Waals surface area contributed by atoms with Crippen molar-refractivity contribution in [3.8, 4) is 0 Å². The van der Waals surface area contributed by atoms with Crippen molar-refractivity contribution >= 4 is 21.6 Å². The highest BCUT2D eigenvalue weighted by Crippen LogP contribution is 2.18. The average Bonchev–Trinajstić information content (AvgIpc) is 2.15. The van der Waals surface area contributed by atoms with Crippen molar-refractivity contribution in [2.75, 3.05) is 18.4 Å². The number of benzene rings is 1. The van der Waals surface area contributed by atoms with E-state index < -0.39 is 0 Å². The fourth-order valence-electron chi connectivity index (χ4n) is 1.01. The molecule has 3 N–H and O–H groups in total. The number of rotatable bonds is 4. The van der Waals surface area contributed by atoms with E-state index in [2.05, 4.69) is 47.2 Å². The van der Waals surface area contributed by atoms with Crippen molar-refractivity contribution in [2.45, 2.75) is 13.8 Å². The first-order valence-corrected chi connectivity index (χ1v) is 5.52. The summed E-state index contributed by atoms with van der Waals surface area (Å²) in [5.74, 6) is 0. The molecule has 0 fully saturated rings. The van der Waals surface area contributed by atoms with Gasteiger partial charge in [0.2, 0.25) is 0 Å². The minimum atomic E-state index is 0.141. The van der Waals surface area contributed by atoms with Crippen molar-refractivity contribution in [3.05, 3.63) is 28.7 Å². The quantitative estimate of drug-likeness (QED) is 0.870. The van der Waals surface area contributed by atoms with Crippen LogP contribution in [0.4, 0.5) is 5.69 Å². The summed E-state index contributed by atoms with van der Waals surface area (Å²) in [7, 11) is 0. The summed E-state index contributed by atoms with van der Waals surface area (Å²) in [4.78, 5) is 0. The lowest BCUT2D eigenvalue weighted by Gasteiger charge is -2.23. The summed E-state index contributed by atoms with van der Waals surface area (Å²) < 4.78 is 1.09. The number of nitrogens with two attached hydrogens (primary N) is 1. The Bertz CT molecular complexity index is 297. The van der Waals surface area contributed by atoms with E-state index in [1.165, 1.54) is 0 Å². The molecule has 1 aromatic carbocycles. The van der Waals surface area contributed by atoms with E-state index in [0.717, 1.165) is 16.7 Å². The summed E-state index contributed by atoms with van der Waals surface area (Å²) in [5, 5.41) is 3.37. The van der Waals surface area contributed by atoms with Gasteiger partial charge in [0, 0.05) is 16.7 Å². The molecule has 0 atom stereocenters. The highest BCUT2D eigenvalue weighted by Gasteiger charge is 2.14. The predicted octanol–water partition coefficient (Wildman–Crippen LogP) is 2.85. The Hall–Kier alpha value is -0.540. The lowest BCUT2D eigenvalue weighted by atomic mass is 9.94. The summed E-state index contributed by atoms with van der Waals surface area (Å²) in [6.45, 7) is 5.88. The molecule has 1 aromatic rings. The third kappa shape index (κ3) is 3.68. The van der Waals surface area contributed by atoms with E-state index in [4.69, 9.17) is 5.73 Å². The molecule has 14 heavy (non-hydrogen) atoms. The van der Waals surface area contributed by atoms with Crippen LogP contribution in [0.1, 0.15) is 13.8 Å². The normalized spacial score (nSPS) is 11.4. The van der Waals surface area contributed by atoms with Crippen LogP contribution in [0.5, 0.6) is 0 Å². The van der Waals surface area contributed by atoms with Gasteiger partial charge in [-0.2, -0.15) is 0 Å². The lowest BCUT2D eigenvalue weighted by molar-refractivity contribution is 0.405. The summed E-state index contributed by atoms with van der Waals surface area (Å²) in [6.07, 6.45) is 0. The Morgan fingerprint density at radius 1 is 1.43 bits per heavy atom. The van der Waals surface area contributed by atoms with E-state index in [1.54, 1.807) is 0 Å². The molecule has 0 aliphatic rings. The van der Waals surface area contributed by atoms with Crippen LogP contribution in [-0.4, -0.2) is 13.1 Å². The molecular formula is C11H17BrN2. The van der Waals surface area contributed by atoms with Gasteiger partial charge in [-0.05, 0) is 30.2 Å². The fourth-order valence-corrected chi connectivity index (χ4v) is 1.41. The SMILES string of the molecule is CC(C)(CN)CNc1cccc(Br)c1. The van der Waals surface area contributed by atoms with Crippen LogP contribution >= 0.6 is 15.9 Å². The Balaban J connectivity index is 2.54. The van der Waals surface area contributed by atoms with Gasteiger partial charge in [-0.1, -0.05) is 35.8 Å². The predicted molar refractivity (Wildman–Crippen MR) is 65.5 cm³/mol. The first-order valence-electron chi connectivity index (χ1n) is 4.73. The lowest BCUT2D eigenvalue weighted by Crippen LogP contribution is -2.31. The molecule has 0 amide bonds. The van der Waals surface area contributed by atoms with Crippen molar-refractivity contribution in [3.63, 3.8) is 0 Å². The number of hydrogen-bond donors (Lipinski definition) is 2. The molecule has 0 spiro atoms. The van der Waals surface area contributed by atoms with E-state index in [1.807, 2.05) is 12.1 Å². The summed E-state index contributed by atoms with van der Waals surface area (Å²) in [5.41, 5.74) is 6.92. The van der Waals surface area contributed by atoms with Crippen molar-refractivity contribution in [2.24, 2.45) is 11.1 Å². The topological polar surface area (TPSA) is 38.0 Å². The minimum Gasteiger partial charge on any atom is -0.384 e. The summed E-state index contributed by atoms with van der Waals surface area (Å²) in [6, 6.07) is 8.14. The van der Waals surface area contributed by atoms with Crippen LogP contribution in [-0.2, 0) is 0 Å². The zero-order chi connectivity index (χ0) is 10.6. The molecule has 3 heteroatoms. The molecule has 0 aliphatic carbocycles. The van der Waals surface area contributed by atoms with Gasteiger partial charge in [-0.3, -0.25) is 0 Å². The molecule has 78 valence electrons. The van der Waals surface area contributed by atoms with Gasteiger partial charge in [-0.15, -0.1) is 0 Å². The monoisotopic (exact) mass is 256 g/mol. The third-order valence-corrected chi connectivity index (χ3v) is 2.64. The maximum absolute atomic E-state index is 5.65. The summed E-state index contributed by atoms with van der Waals surface area (Å²) >= 11 is 3.43. The van der Waals surface area contributed by atoms with Gasteiger partial charge in [-0.25, -0.2) is 0 Å². The zero-order valence-corrected chi connectivity index (χ0v) is 10.3. The maximum Gasteiger partial charge on any atom is 0.0351 e. The highest BCUT2D eigenvalue weighted by molar-refractivity contribution is 9.10. The first-order chi connectivity index (χ1) is 6.53. The van der Waals surface area contributed by atoms with Gasteiger partial charge in [0.1, 0.15) is 0 Å². The second-order valence-corrected chi connectivity index (χ2v) is 5.15. The van der Waals surface area contributed by atoms with Crippen molar-refractivity contribution in [1.82, 2.24) is 0 Å². The Morgan fingerprint density at radius 3 is 2.71 bits per heavy atom. The Kier molecular flexibility index (Phi) is 3.96. The number of nitrogens with one attached hydrogen (secondary N) is 1. The standard InChI is InChI=1S/C11H17BrN2/c1-11(2,7-13)8-14-10-5-3-4-9(12)6-10/h3-6,14H,7-8,13H2,1-2H3. The van der Waals surface area contributed by atoms with Gasteiger partial charge in [0.25, 0.3) is 0 Å². The second-order valence-electron chi connectivity index (χ2n) is 4.23. The van der Waals surface area contributed by atoms with E-state index in [-0.39, 0.29) is 5.41 Å². The van der Waals surface area contributed by atoms with Crippen LogP contribution in [0.15, 0.2) is 28.7 Å². The molecule has 0 saturated heterocycles. The molecule has 2 nitrogen and oxygen atoms in total. The van der Waals surface area contributed by atoms with E-state index in [9.17, 15) is 0 Å². The first kappa shape index (κ1) is 11.5. The Morgan fingerprint density at radius 2 is 2.14 bits per heavy atom. The Labute approximate surface area is 94.0 Å². The number of anilines is 1. The molecule has 1 rings (SSSR count). The minimum absolute atomic E-state index is 0.141. The van der Waals surface area contributed by atoms with E-state index in [0.29, 0.717) is 6.54 Å². The number of halogens is 1. The molecule has 0 heterocycles. The molecule has 0 unspecified atom stereocenters. The van der Waals surface area contributed by atoms with Crippen molar-refractivity contribution in [1.29, 1.82) is 0 Å². The van der Waals surface area contributed by atoms with Crippen LogP contribution in [0.3, 0.4) is 0 Å². The molecular weight excluding hydrogens is 240 g/mol. The van der Waals surface area contributed by atoms with Gasteiger partial charge < -0.3 is 11.1 Å².